The Morgan fingerprint density at radius 3 is 2.46 bits per heavy atom. The molecule has 39 heavy (non-hydrogen) atoms. The molecule has 0 fully saturated rings. The van der Waals surface area contributed by atoms with Crippen LogP contribution in [0.1, 0.15) is 49.2 Å². The van der Waals surface area contributed by atoms with E-state index in [4.69, 9.17) is 9.84 Å². The molecule has 2 aromatic rings. The lowest BCUT2D eigenvalue weighted by atomic mass is 10.0. The number of carboxylic acid groups (broad SMARTS) is 1. The zero-order chi connectivity index (χ0) is 28.7. The number of nitrogens with one attached hydrogen (secondary N) is 2. The second kappa shape index (κ2) is 13.4. The number of carbonyl (C=O) groups is 3. The summed E-state index contributed by atoms with van der Waals surface area (Å²) in [5.41, 5.74) is 2.42. The van der Waals surface area contributed by atoms with Crippen molar-refractivity contribution in [2.75, 3.05) is 32.1 Å². The van der Waals surface area contributed by atoms with Crippen molar-refractivity contribution < 1.29 is 29.3 Å². The fraction of sp³-hybridized carbons (Fsp3) is 0.483. The highest BCUT2D eigenvalue weighted by Crippen LogP contribution is 2.29. The third-order valence-electron chi connectivity index (χ3n) is 6.74. The highest BCUT2D eigenvalue weighted by Gasteiger charge is 2.31. The van der Waals surface area contributed by atoms with Gasteiger partial charge < -0.3 is 30.5 Å². The van der Waals surface area contributed by atoms with Gasteiger partial charge in [-0.2, -0.15) is 0 Å². The molecule has 3 amide bonds. The van der Waals surface area contributed by atoms with Crippen LogP contribution in [0, 0.1) is 5.92 Å². The van der Waals surface area contributed by atoms with E-state index < -0.39 is 5.97 Å². The van der Waals surface area contributed by atoms with Crippen molar-refractivity contribution in [2.24, 2.45) is 5.92 Å². The standard InChI is InChI=1S/C29H40N4O6/c1-18(2)30-29(38)31-24-10-11-25-23(12-24)13-27(35)33(20(4)17-34)14-19(3)26(39-25)16-32(5)15-21-6-8-22(9-7-21)28(36)37/h6-12,18-20,26,34H,13-17H2,1-5H3,(H,36,37)(H2,30,31,38)/t19-,20+,26-/m0/s1. The number of likely N-dealkylation sites (N-methyl/N-ethyl adjacent to an activating group) is 1. The summed E-state index contributed by atoms with van der Waals surface area (Å²) in [6, 6.07) is 11.4. The Balaban J connectivity index is 1.85. The van der Waals surface area contributed by atoms with Gasteiger partial charge in [0.2, 0.25) is 5.91 Å². The van der Waals surface area contributed by atoms with Gasteiger partial charge in [-0.1, -0.05) is 19.1 Å². The van der Waals surface area contributed by atoms with Gasteiger partial charge in [-0.25, -0.2) is 9.59 Å². The normalized spacial score (nSPS) is 18.5. The lowest BCUT2D eigenvalue weighted by Crippen LogP contribution is -2.47. The lowest BCUT2D eigenvalue weighted by Gasteiger charge is -2.34. The van der Waals surface area contributed by atoms with Gasteiger partial charge in [-0.3, -0.25) is 9.69 Å². The van der Waals surface area contributed by atoms with Gasteiger partial charge in [-0.15, -0.1) is 0 Å². The number of anilines is 1. The quantitative estimate of drug-likeness (QED) is 0.384. The predicted octanol–water partition coefficient (Wildman–Crippen LogP) is 3.20. The molecule has 0 spiro atoms. The van der Waals surface area contributed by atoms with Gasteiger partial charge in [0.15, 0.2) is 0 Å². The number of aliphatic hydroxyl groups is 1. The number of ether oxygens (including phenoxy) is 1. The van der Waals surface area contributed by atoms with Crippen molar-refractivity contribution in [1.82, 2.24) is 15.1 Å². The van der Waals surface area contributed by atoms with Crippen LogP contribution in [0.4, 0.5) is 10.5 Å². The van der Waals surface area contributed by atoms with Crippen LogP contribution in [0.3, 0.4) is 0 Å². The highest BCUT2D eigenvalue weighted by atomic mass is 16.5. The molecule has 1 aliphatic rings. The maximum atomic E-state index is 13.4. The summed E-state index contributed by atoms with van der Waals surface area (Å²) in [5, 5.41) is 24.6. The van der Waals surface area contributed by atoms with Gasteiger partial charge in [0, 0.05) is 42.8 Å². The van der Waals surface area contributed by atoms with Crippen LogP contribution in [0.15, 0.2) is 42.5 Å². The summed E-state index contributed by atoms with van der Waals surface area (Å²) >= 11 is 0. The van der Waals surface area contributed by atoms with Gasteiger partial charge >= 0.3 is 12.0 Å². The summed E-state index contributed by atoms with van der Waals surface area (Å²) in [6.45, 7) is 8.99. The van der Waals surface area contributed by atoms with E-state index in [1.165, 1.54) is 0 Å². The minimum absolute atomic E-state index is 0.0226. The Morgan fingerprint density at radius 2 is 1.85 bits per heavy atom. The largest absolute Gasteiger partial charge is 0.488 e. The van der Waals surface area contributed by atoms with Crippen LogP contribution in [-0.2, 0) is 17.8 Å². The van der Waals surface area contributed by atoms with Crippen LogP contribution >= 0.6 is 0 Å². The maximum absolute atomic E-state index is 13.4. The first kappa shape index (κ1) is 29.9. The van der Waals surface area contributed by atoms with Crippen molar-refractivity contribution in [3.05, 3.63) is 59.2 Å². The van der Waals surface area contributed by atoms with Crippen LogP contribution < -0.4 is 15.4 Å². The zero-order valence-corrected chi connectivity index (χ0v) is 23.3. The molecule has 0 aromatic heterocycles. The molecule has 212 valence electrons. The van der Waals surface area contributed by atoms with Crippen molar-refractivity contribution in [3.63, 3.8) is 0 Å². The van der Waals surface area contributed by atoms with E-state index in [0.717, 1.165) is 5.56 Å². The first-order valence-electron chi connectivity index (χ1n) is 13.2. The number of carboxylic acids is 1. The van der Waals surface area contributed by atoms with Crippen LogP contribution in [-0.4, -0.2) is 82.9 Å². The molecule has 3 rings (SSSR count). The van der Waals surface area contributed by atoms with Crippen LogP contribution in [0.25, 0.3) is 0 Å². The summed E-state index contributed by atoms with van der Waals surface area (Å²) in [4.78, 5) is 40.6. The van der Waals surface area contributed by atoms with E-state index in [9.17, 15) is 19.5 Å². The SMILES string of the molecule is CC(C)NC(=O)Nc1ccc2c(c1)CC(=O)N([C@H](C)CO)C[C@H](C)[C@H](CN(C)Cc1ccc(C(=O)O)cc1)O2. The molecule has 2 aromatic carbocycles. The Bertz CT molecular complexity index is 1150. The Kier molecular flexibility index (Phi) is 10.3. The van der Waals surface area contributed by atoms with E-state index in [0.29, 0.717) is 36.6 Å². The van der Waals surface area contributed by atoms with Crippen LogP contribution in [0.2, 0.25) is 0 Å². The monoisotopic (exact) mass is 540 g/mol. The van der Waals surface area contributed by atoms with Gasteiger partial charge in [-0.05, 0) is 63.7 Å². The first-order chi connectivity index (χ1) is 18.5. The minimum Gasteiger partial charge on any atom is -0.488 e. The molecular weight excluding hydrogens is 500 g/mol. The number of hydrogen-bond acceptors (Lipinski definition) is 6. The number of amides is 3. The van der Waals surface area contributed by atoms with E-state index >= 15 is 0 Å². The number of carbonyl (C=O) groups excluding carboxylic acids is 2. The molecule has 10 heteroatoms. The number of hydrogen-bond donors (Lipinski definition) is 4. The van der Waals surface area contributed by atoms with E-state index in [1.54, 1.807) is 47.4 Å². The molecule has 0 saturated carbocycles. The van der Waals surface area contributed by atoms with E-state index in [2.05, 4.69) is 15.5 Å². The molecule has 0 aliphatic carbocycles. The number of urea groups is 1. The molecule has 3 atom stereocenters. The van der Waals surface area contributed by atoms with E-state index in [1.807, 2.05) is 34.7 Å². The Hall–Kier alpha value is -3.63. The Labute approximate surface area is 229 Å². The molecule has 1 aliphatic heterocycles. The number of nitrogens with zero attached hydrogens (tertiary/aromatic N) is 2. The first-order valence-corrected chi connectivity index (χ1v) is 13.2. The summed E-state index contributed by atoms with van der Waals surface area (Å²) < 4.78 is 6.53. The number of fused-ring (bicyclic) bond motifs is 1. The van der Waals surface area contributed by atoms with Crippen molar-refractivity contribution in [3.8, 4) is 5.75 Å². The number of rotatable bonds is 9. The second-order valence-corrected chi connectivity index (χ2v) is 10.7. The molecule has 0 unspecified atom stereocenters. The molecule has 0 radical (unpaired) electrons. The van der Waals surface area contributed by atoms with Gasteiger partial charge in [0.05, 0.1) is 24.6 Å². The summed E-state index contributed by atoms with van der Waals surface area (Å²) in [7, 11) is 1.97. The maximum Gasteiger partial charge on any atom is 0.335 e. The number of aromatic carboxylic acids is 1. The summed E-state index contributed by atoms with van der Waals surface area (Å²) in [6.07, 6.45) is -0.207. The number of benzene rings is 2. The minimum atomic E-state index is -0.962. The molecular formula is C29H40N4O6. The highest BCUT2D eigenvalue weighted by molar-refractivity contribution is 5.90. The summed E-state index contributed by atoms with van der Waals surface area (Å²) in [5.74, 6) is -0.561. The molecule has 0 bridgehead atoms. The fourth-order valence-electron chi connectivity index (χ4n) is 4.59. The Morgan fingerprint density at radius 1 is 1.15 bits per heavy atom. The number of aliphatic hydroxyl groups excluding tert-OH is 1. The van der Waals surface area contributed by atoms with Gasteiger partial charge in [0.25, 0.3) is 0 Å². The van der Waals surface area contributed by atoms with Gasteiger partial charge in [0.1, 0.15) is 11.9 Å². The predicted molar refractivity (Wildman–Crippen MR) is 149 cm³/mol. The average Bonchev–Trinajstić information content (AvgIpc) is 2.91. The molecule has 10 nitrogen and oxygen atoms in total. The zero-order valence-electron chi connectivity index (χ0n) is 23.3. The fourth-order valence-corrected chi connectivity index (χ4v) is 4.59. The van der Waals surface area contributed by atoms with E-state index in [-0.39, 0.29) is 54.6 Å². The van der Waals surface area contributed by atoms with Crippen LogP contribution in [0.5, 0.6) is 5.75 Å². The lowest BCUT2D eigenvalue weighted by molar-refractivity contribution is -0.134. The molecule has 4 N–H and O–H groups in total. The van der Waals surface area contributed by atoms with Crippen molar-refractivity contribution in [1.29, 1.82) is 0 Å². The molecule has 1 heterocycles. The third kappa shape index (κ3) is 8.43. The topological polar surface area (TPSA) is 131 Å². The smallest absolute Gasteiger partial charge is 0.335 e. The average molecular weight is 541 g/mol. The molecule has 0 saturated heterocycles. The second-order valence-electron chi connectivity index (χ2n) is 10.7. The third-order valence-corrected chi connectivity index (χ3v) is 6.74. The van der Waals surface area contributed by atoms with Crippen molar-refractivity contribution in [2.45, 2.75) is 58.8 Å². The van der Waals surface area contributed by atoms with Crippen molar-refractivity contribution >= 4 is 23.6 Å².